The summed E-state index contributed by atoms with van der Waals surface area (Å²) in [6.45, 7) is 2.25. The molecule has 1 radical (unpaired) electrons. The molecule has 3 heterocycles. The molecule has 0 bridgehead atoms. The third-order valence-electron chi connectivity index (χ3n) is 9.23. The van der Waals surface area contributed by atoms with Crippen molar-refractivity contribution in [1.82, 2.24) is 9.97 Å². The van der Waals surface area contributed by atoms with Crippen LogP contribution in [0, 0.1) is 12.1 Å². The number of furan rings is 1. The maximum absolute atomic E-state index is 6.35. The molecule has 0 aliphatic heterocycles. The number of hydrogen-bond acceptors (Lipinski definition) is 3. The number of aromatic nitrogens is 2. The molecule has 6 aromatic carbocycles. The first-order chi connectivity index (χ1) is 25.2. The Morgan fingerprint density at radius 1 is 0.500 bits per heavy atom. The summed E-state index contributed by atoms with van der Waals surface area (Å²) in [5.41, 5.74) is 12.7. The Hall–Kier alpha value is -5.93. The number of rotatable bonds is 6. The second-order valence-corrected chi connectivity index (χ2v) is 12.5. The molecule has 9 rings (SSSR count). The molecular weight excluding hydrogens is 813 g/mol. The molecule has 0 aliphatic carbocycles. The second-order valence-electron chi connectivity index (χ2n) is 12.5. The van der Waals surface area contributed by atoms with E-state index < -0.39 is 0 Å². The fraction of sp³-hybridized carbons (Fsp3) is 0.0417. The van der Waals surface area contributed by atoms with Crippen molar-refractivity contribution < 1.29 is 24.5 Å². The van der Waals surface area contributed by atoms with Gasteiger partial charge in [-0.2, -0.15) is 0 Å². The van der Waals surface area contributed by atoms with Crippen molar-refractivity contribution in [1.29, 1.82) is 0 Å². The normalized spacial score (nSPS) is 11.3. The van der Waals surface area contributed by atoms with Crippen LogP contribution in [0.2, 0.25) is 0 Å². The molecule has 0 aliphatic rings. The van der Waals surface area contributed by atoms with Gasteiger partial charge in [-0.25, -0.2) is 0 Å². The summed E-state index contributed by atoms with van der Waals surface area (Å²) in [5.74, 6) is 0.305. The van der Waals surface area contributed by atoms with Crippen LogP contribution < -0.4 is 0 Å². The van der Waals surface area contributed by atoms with Crippen LogP contribution in [-0.4, -0.2) is 9.97 Å². The maximum atomic E-state index is 6.35. The quantitative estimate of drug-likeness (QED) is 0.157. The summed E-state index contributed by atoms with van der Waals surface area (Å²) >= 11 is 0. The van der Waals surface area contributed by atoms with E-state index >= 15 is 0 Å². The van der Waals surface area contributed by atoms with E-state index in [2.05, 4.69) is 138 Å². The first kappa shape index (κ1) is 34.5. The number of nitrogens with zero attached hydrogens (tertiary/aromatic N) is 2. The topological polar surface area (TPSA) is 38.9 Å². The van der Waals surface area contributed by atoms with Crippen molar-refractivity contribution in [2.75, 3.05) is 0 Å². The second kappa shape index (κ2) is 16.0. The smallest absolute Gasteiger partial charge is 0.120 e. The fourth-order valence-corrected chi connectivity index (χ4v) is 6.48. The molecule has 9 aromatic rings. The van der Waals surface area contributed by atoms with E-state index in [1.165, 1.54) is 22.3 Å². The zero-order chi connectivity index (χ0) is 34.4. The minimum Gasteiger partial charge on any atom is -0.501 e. The molecule has 0 fully saturated rings. The minimum atomic E-state index is 0. The Morgan fingerprint density at radius 2 is 1.15 bits per heavy atom. The van der Waals surface area contributed by atoms with Gasteiger partial charge in [0, 0.05) is 43.8 Å². The van der Waals surface area contributed by atoms with Gasteiger partial charge in [-0.15, -0.1) is 53.6 Å². The Balaban J connectivity index is 0.000000188. The Labute approximate surface area is 318 Å². The molecule has 1 atom stereocenters. The van der Waals surface area contributed by atoms with Crippen molar-refractivity contribution in [2.45, 2.75) is 12.8 Å². The fourth-order valence-electron chi connectivity index (χ4n) is 6.48. The van der Waals surface area contributed by atoms with E-state index in [0.717, 1.165) is 55.6 Å². The summed E-state index contributed by atoms with van der Waals surface area (Å²) in [6.07, 6.45) is 3.66. The average Bonchev–Trinajstić information content (AvgIpc) is 3.60. The molecule has 0 spiro atoms. The van der Waals surface area contributed by atoms with E-state index in [0.29, 0.717) is 5.92 Å². The average molecular weight is 847 g/mol. The van der Waals surface area contributed by atoms with Gasteiger partial charge in [0.15, 0.2) is 0 Å². The van der Waals surface area contributed by atoms with E-state index in [9.17, 15) is 0 Å². The predicted octanol–water partition coefficient (Wildman–Crippen LogP) is 12.5. The van der Waals surface area contributed by atoms with Gasteiger partial charge in [-0.05, 0) is 63.5 Å². The third-order valence-corrected chi connectivity index (χ3v) is 9.23. The van der Waals surface area contributed by atoms with Crippen molar-refractivity contribution in [3.63, 3.8) is 0 Å². The van der Waals surface area contributed by atoms with Crippen molar-refractivity contribution in [3.8, 4) is 44.8 Å². The van der Waals surface area contributed by atoms with Gasteiger partial charge in [0.1, 0.15) is 5.58 Å². The molecule has 0 saturated carbocycles. The number of pyridine rings is 2. The summed E-state index contributed by atoms with van der Waals surface area (Å²) in [4.78, 5) is 9.00. The molecule has 52 heavy (non-hydrogen) atoms. The van der Waals surface area contributed by atoms with Crippen LogP contribution in [0.4, 0.5) is 0 Å². The summed E-state index contributed by atoms with van der Waals surface area (Å²) in [7, 11) is 0. The predicted molar refractivity (Wildman–Crippen MR) is 209 cm³/mol. The molecule has 0 amide bonds. The number of fused-ring (bicyclic) bond motifs is 3. The SMILES string of the molecule is CC(c1ccccc1)c1ccc2oc3c(-c4cc(-c5ccccc5)ccn4)[c-]ccc3c2c1.[Ir].[c-]1ccc(-c2ccccc2)cc1-c1ccccn1. The standard InChI is InChI=1S/C31H22NO.C17H12N.Ir/c1-21(22-9-4-2-5-10-22)24-15-16-30-28(19-24)26-13-8-14-27(31(26)33-30)29-20-25(17-18-32-29)23-11-6-3-7-12-23;1-2-7-14(8-3-1)15-9-6-10-16(13-15)17-11-4-5-12-18-17;/h2-13,15-21H,1H3;1-9,11-13H;/q2*-1;. The van der Waals surface area contributed by atoms with Gasteiger partial charge in [0.25, 0.3) is 0 Å². The number of benzene rings is 6. The van der Waals surface area contributed by atoms with Gasteiger partial charge >= 0.3 is 0 Å². The van der Waals surface area contributed by atoms with Crippen LogP contribution in [0.15, 0.2) is 187 Å². The van der Waals surface area contributed by atoms with Crippen molar-refractivity contribution >= 4 is 21.9 Å². The van der Waals surface area contributed by atoms with Crippen molar-refractivity contribution in [2.24, 2.45) is 0 Å². The van der Waals surface area contributed by atoms with Crippen molar-refractivity contribution in [3.05, 3.63) is 206 Å². The summed E-state index contributed by atoms with van der Waals surface area (Å²) in [5, 5.41) is 2.22. The van der Waals surface area contributed by atoms with Crippen LogP contribution in [0.3, 0.4) is 0 Å². The van der Waals surface area contributed by atoms with Gasteiger partial charge < -0.3 is 14.4 Å². The van der Waals surface area contributed by atoms with E-state index in [1.54, 1.807) is 6.20 Å². The van der Waals surface area contributed by atoms with Crippen LogP contribution >= 0.6 is 0 Å². The van der Waals surface area contributed by atoms with Crippen LogP contribution in [0.25, 0.3) is 66.7 Å². The largest absolute Gasteiger partial charge is 0.501 e. The summed E-state index contributed by atoms with van der Waals surface area (Å²) < 4.78 is 6.35. The molecular formula is C48H34IrN2O-2. The molecule has 253 valence electrons. The maximum Gasteiger partial charge on any atom is 0.120 e. The minimum absolute atomic E-state index is 0. The molecule has 1 unspecified atom stereocenters. The van der Waals surface area contributed by atoms with Crippen LogP contribution in [-0.2, 0) is 20.1 Å². The zero-order valence-electron chi connectivity index (χ0n) is 28.5. The monoisotopic (exact) mass is 847 g/mol. The van der Waals surface area contributed by atoms with Crippen LogP contribution in [0.1, 0.15) is 24.0 Å². The van der Waals surface area contributed by atoms with E-state index in [-0.39, 0.29) is 20.1 Å². The molecule has 0 N–H and O–H groups in total. The molecule has 3 aromatic heterocycles. The Kier molecular flexibility index (Phi) is 10.6. The summed E-state index contributed by atoms with van der Waals surface area (Å²) in [6, 6.07) is 64.7. The van der Waals surface area contributed by atoms with Crippen LogP contribution in [0.5, 0.6) is 0 Å². The zero-order valence-corrected chi connectivity index (χ0v) is 30.9. The first-order valence-electron chi connectivity index (χ1n) is 17.1. The van der Waals surface area contributed by atoms with Gasteiger partial charge in [0.2, 0.25) is 0 Å². The Bertz CT molecular complexity index is 2480. The molecule has 4 heteroatoms. The van der Waals surface area contributed by atoms with Gasteiger partial charge in [-0.3, -0.25) is 0 Å². The molecule has 3 nitrogen and oxygen atoms in total. The van der Waals surface area contributed by atoms with Gasteiger partial charge in [-0.1, -0.05) is 133 Å². The molecule has 0 saturated heterocycles. The Morgan fingerprint density at radius 3 is 1.87 bits per heavy atom. The van der Waals surface area contributed by atoms with Gasteiger partial charge in [0.05, 0.1) is 5.58 Å². The van der Waals surface area contributed by atoms with E-state index in [4.69, 9.17) is 4.42 Å². The third kappa shape index (κ3) is 7.40. The van der Waals surface area contributed by atoms with E-state index in [1.807, 2.05) is 66.9 Å². The first-order valence-corrected chi connectivity index (χ1v) is 17.1. The number of hydrogen-bond donors (Lipinski definition) is 0.